The van der Waals surface area contributed by atoms with Gasteiger partial charge >= 0.3 is 0 Å². The normalized spacial score (nSPS) is 32.8. The Balaban J connectivity index is 2.38. The van der Waals surface area contributed by atoms with Crippen molar-refractivity contribution in [2.45, 2.75) is 25.6 Å². The summed E-state index contributed by atoms with van der Waals surface area (Å²) < 4.78 is 5.43. The van der Waals surface area contributed by atoms with Crippen molar-refractivity contribution in [2.75, 3.05) is 13.2 Å². The van der Waals surface area contributed by atoms with Gasteiger partial charge in [-0.05, 0) is 13.3 Å². The van der Waals surface area contributed by atoms with Gasteiger partial charge in [-0.15, -0.1) is 6.58 Å². The first-order valence-electron chi connectivity index (χ1n) is 3.85. The zero-order chi connectivity index (χ0) is 8.10. The molecule has 1 heterocycles. The van der Waals surface area contributed by atoms with Crippen LogP contribution in [0.3, 0.4) is 0 Å². The minimum absolute atomic E-state index is 0.00417. The molecular weight excluding hydrogens is 144 g/mol. The van der Waals surface area contributed by atoms with E-state index < -0.39 is 0 Å². The molecule has 1 saturated heterocycles. The Labute approximate surface area is 66.9 Å². The molecule has 1 aliphatic heterocycles. The molecule has 0 bridgehead atoms. The molecule has 11 heavy (non-hydrogen) atoms. The molecule has 1 fully saturated rings. The van der Waals surface area contributed by atoms with Crippen LogP contribution in [0.4, 0.5) is 0 Å². The van der Waals surface area contributed by atoms with Gasteiger partial charge < -0.3 is 4.74 Å². The van der Waals surface area contributed by atoms with Crippen molar-refractivity contribution in [2.24, 2.45) is 0 Å². The van der Waals surface area contributed by atoms with Crippen molar-refractivity contribution in [1.29, 1.82) is 0 Å². The maximum atomic E-state index is 5.43. The lowest BCUT2D eigenvalue weighted by atomic mass is 10.1. The highest BCUT2D eigenvalue weighted by molar-refractivity contribution is 4.77. The van der Waals surface area contributed by atoms with Crippen molar-refractivity contribution < 1.29 is 14.5 Å². The summed E-state index contributed by atoms with van der Waals surface area (Å²) in [6, 6.07) is 0. The van der Waals surface area contributed by atoms with E-state index in [4.69, 9.17) is 14.5 Å². The molecule has 0 saturated carbocycles. The minimum Gasteiger partial charge on any atom is -0.373 e. The number of hydrogen-bond donors (Lipinski definition) is 0. The second kappa shape index (κ2) is 4.49. The third-order valence-corrected chi connectivity index (χ3v) is 1.64. The fourth-order valence-electron chi connectivity index (χ4n) is 1.01. The van der Waals surface area contributed by atoms with Crippen LogP contribution in [0, 0.1) is 0 Å². The minimum atomic E-state index is -0.00417. The van der Waals surface area contributed by atoms with Crippen LogP contribution < -0.4 is 0 Å². The second-order valence-corrected chi connectivity index (χ2v) is 2.56. The lowest BCUT2D eigenvalue weighted by molar-refractivity contribution is -0.315. The maximum absolute atomic E-state index is 5.43. The summed E-state index contributed by atoms with van der Waals surface area (Å²) in [5.74, 6) is 0. The monoisotopic (exact) mass is 158 g/mol. The SMILES string of the molecule is C=CCC1OCCOOC1C. The van der Waals surface area contributed by atoms with E-state index in [2.05, 4.69) is 6.58 Å². The van der Waals surface area contributed by atoms with Crippen molar-refractivity contribution in [1.82, 2.24) is 0 Å². The van der Waals surface area contributed by atoms with E-state index in [0.717, 1.165) is 6.42 Å². The Morgan fingerprint density at radius 3 is 3.09 bits per heavy atom. The van der Waals surface area contributed by atoms with Gasteiger partial charge in [0.15, 0.2) is 0 Å². The quantitative estimate of drug-likeness (QED) is 0.448. The third-order valence-electron chi connectivity index (χ3n) is 1.64. The molecule has 3 nitrogen and oxygen atoms in total. The highest BCUT2D eigenvalue weighted by Crippen LogP contribution is 2.11. The third kappa shape index (κ3) is 2.61. The Morgan fingerprint density at radius 1 is 1.55 bits per heavy atom. The number of ether oxygens (including phenoxy) is 1. The van der Waals surface area contributed by atoms with E-state index in [9.17, 15) is 0 Å². The van der Waals surface area contributed by atoms with Gasteiger partial charge in [0.25, 0.3) is 0 Å². The van der Waals surface area contributed by atoms with Crippen molar-refractivity contribution >= 4 is 0 Å². The first-order valence-corrected chi connectivity index (χ1v) is 3.85. The van der Waals surface area contributed by atoms with Crippen molar-refractivity contribution in [3.8, 4) is 0 Å². The fraction of sp³-hybridized carbons (Fsp3) is 0.750. The van der Waals surface area contributed by atoms with Gasteiger partial charge in [0.2, 0.25) is 0 Å². The van der Waals surface area contributed by atoms with Gasteiger partial charge in [-0.3, -0.25) is 0 Å². The zero-order valence-electron chi connectivity index (χ0n) is 6.79. The topological polar surface area (TPSA) is 27.7 Å². The van der Waals surface area contributed by atoms with E-state index in [1.165, 1.54) is 0 Å². The first kappa shape index (κ1) is 8.71. The molecule has 0 N–H and O–H groups in total. The van der Waals surface area contributed by atoms with E-state index in [1.807, 2.05) is 13.0 Å². The Bertz CT molecular complexity index is 125. The Hall–Kier alpha value is -0.380. The summed E-state index contributed by atoms with van der Waals surface area (Å²) >= 11 is 0. The summed E-state index contributed by atoms with van der Waals surface area (Å²) in [7, 11) is 0. The summed E-state index contributed by atoms with van der Waals surface area (Å²) in [4.78, 5) is 9.82. The van der Waals surface area contributed by atoms with Crippen LogP contribution in [0.2, 0.25) is 0 Å². The summed E-state index contributed by atoms with van der Waals surface area (Å²) in [6.07, 6.45) is 2.73. The molecule has 1 rings (SSSR count). The van der Waals surface area contributed by atoms with Crippen LogP contribution in [-0.4, -0.2) is 25.4 Å². The number of rotatable bonds is 2. The van der Waals surface area contributed by atoms with E-state index in [1.54, 1.807) is 0 Å². The molecular formula is C8H14O3. The van der Waals surface area contributed by atoms with Gasteiger partial charge in [-0.25, -0.2) is 9.78 Å². The number of hydrogen-bond acceptors (Lipinski definition) is 3. The summed E-state index contributed by atoms with van der Waals surface area (Å²) in [6.45, 7) is 6.69. The van der Waals surface area contributed by atoms with E-state index >= 15 is 0 Å². The molecule has 0 radical (unpaired) electrons. The standard InChI is InChI=1S/C8H14O3/c1-3-4-8-7(2)11-10-6-5-9-8/h3,7-8H,1,4-6H2,2H3. The predicted molar refractivity (Wildman–Crippen MR) is 41.1 cm³/mol. The summed E-state index contributed by atoms with van der Waals surface area (Å²) in [5.41, 5.74) is 0. The van der Waals surface area contributed by atoms with Crippen LogP contribution in [0.1, 0.15) is 13.3 Å². The van der Waals surface area contributed by atoms with Crippen LogP contribution in [0.25, 0.3) is 0 Å². The van der Waals surface area contributed by atoms with Gasteiger partial charge in [-0.1, -0.05) is 6.08 Å². The predicted octanol–water partition coefficient (Wildman–Crippen LogP) is 1.30. The van der Waals surface area contributed by atoms with E-state index in [-0.39, 0.29) is 12.2 Å². The van der Waals surface area contributed by atoms with Gasteiger partial charge in [0.1, 0.15) is 12.7 Å². The maximum Gasteiger partial charge on any atom is 0.117 e. The van der Waals surface area contributed by atoms with Crippen molar-refractivity contribution in [3.63, 3.8) is 0 Å². The Kier molecular flexibility index (Phi) is 3.56. The smallest absolute Gasteiger partial charge is 0.117 e. The highest BCUT2D eigenvalue weighted by Gasteiger charge is 2.20. The van der Waals surface area contributed by atoms with Gasteiger partial charge in [-0.2, -0.15) is 0 Å². The molecule has 64 valence electrons. The van der Waals surface area contributed by atoms with E-state index in [0.29, 0.717) is 13.2 Å². The molecule has 0 aromatic rings. The Morgan fingerprint density at radius 2 is 2.36 bits per heavy atom. The van der Waals surface area contributed by atoms with Gasteiger partial charge in [0.05, 0.1) is 12.7 Å². The molecule has 0 aromatic carbocycles. The molecule has 3 heteroatoms. The first-order chi connectivity index (χ1) is 5.34. The molecule has 0 spiro atoms. The van der Waals surface area contributed by atoms with Crippen LogP contribution >= 0.6 is 0 Å². The van der Waals surface area contributed by atoms with Crippen molar-refractivity contribution in [3.05, 3.63) is 12.7 Å². The molecule has 2 atom stereocenters. The average molecular weight is 158 g/mol. The molecule has 2 unspecified atom stereocenters. The molecule has 1 aliphatic rings. The summed E-state index contributed by atoms with van der Waals surface area (Å²) in [5, 5.41) is 0. The van der Waals surface area contributed by atoms with Gasteiger partial charge in [0, 0.05) is 0 Å². The molecule has 0 aromatic heterocycles. The molecule has 0 aliphatic carbocycles. The lowest BCUT2D eigenvalue weighted by Gasteiger charge is -2.17. The largest absolute Gasteiger partial charge is 0.373 e. The second-order valence-electron chi connectivity index (χ2n) is 2.56. The highest BCUT2D eigenvalue weighted by atomic mass is 17.2. The van der Waals surface area contributed by atoms with Crippen LogP contribution in [0.5, 0.6) is 0 Å². The van der Waals surface area contributed by atoms with Crippen LogP contribution in [0.15, 0.2) is 12.7 Å². The fourth-order valence-corrected chi connectivity index (χ4v) is 1.01. The lowest BCUT2D eigenvalue weighted by Crippen LogP contribution is -2.25. The zero-order valence-corrected chi connectivity index (χ0v) is 6.79. The van der Waals surface area contributed by atoms with Crippen LogP contribution in [-0.2, 0) is 14.5 Å². The average Bonchev–Trinajstić information content (AvgIpc) is 2.18. The molecule has 0 amide bonds.